The number of nitrogens with one attached hydrogen (secondary N) is 1. The molecule has 0 aliphatic carbocycles. The summed E-state index contributed by atoms with van der Waals surface area (Å²) >= 11 is 0. The van der Waals surface area contributed by atoms with Crippen LogP contribution >= 0.6 is 0 Å². The van der Waals surface area contributed by atoms with Crippen molar-refractivity contribution in [2.24, 2.45) is 0 Å². The Labute approximate surface area is 110 Å². The van der Waals surface area contributed by atoms with Crippen LogP contribution in [0.5, 0.6) is 0 Å². The van der Waals surface area contributed by atoms with Crippen molar-refractivity contribution in [2.75, 3.05) is 39.9 Å². The van der Waals surface area contributed by atoms with Gasteiger partial charge in [-0.3, -0.25) is 4.90 Å². The van der Waals surface area contributed by atoms with Crippen LogP contribution < -0.4 is 5.32 Å². The van der Waals surface area contributed by atoms with Crippen molar-refractivity contribution < 1.29 is 9.53 Å². The lowest BCUT2D eigenvalue weighted by Gasteiger charge is -2.44. The number of urea groups is 1. The van der Waals surface area contributed by atoms with Gasteiger partial charge in [-0.25, -0.2) is 4.79 Å². The molecule has 1 heterocycles. The molecule has 0 aromatic carbocycles. The van der Waals surface area contributed by atoms with Crippen LogP contribution in [0.1, 0.15) is 27.2 Å². The monoisotopic (exact) mass is 257 g/mol. The lowest BCUT2D eigenvalue weighted by molar-refractivity contribution is 0.0349. The van der Waals surface area contributed by atoms with Crippen molar-refractivity contribution in [3.05, 3.63) is 0 Å². The first-order chi connectivity index (χ1) is 8.60. The van der Waals surface area contributed by atoms with E-state index in [1.165, 1.54) is 0 Å². The summed E-state index contributed by atoms with van der Waals surface area (Å²) in [5.41, 5.74) is 0. The van der Waals surface area contributed by atoms with Crippen LogP contribution in [0.2, 0.25) is 0 Å². The molecule has 5 nitrogen and oxygen atoms in total. The topological polar surface area (TPSA) is 44.8 Å². The number of amides is 2. The van der Waals surface area contributed by atoms with Crippen molar-refractivity contribution >= 4 is 6.03 Å². The van der Waals surface area contributed by atoms with Crippen LogP contribution in [-0.4, -0.2) is 67.8 Å². The van der Waals surface area contributed by atoms with E-state index in [0.29, 0.717) is 12.1 Å². The van der Waals surface area contributed by atoms with E-state index in [2.05, 4.69) is 31.0 Å². The molecule has 1 saturated heterocycles. The second-order valence-electron chi connectivity index (χ2n) is 5.07. The number of nitrogens with zero attached hydrogens (tertiary/aromatic N) is 2. The average molecular weight is 257 g/mol. The molecular formula is C13H27N3O2. The molecule has 106 valence electrons. The van der Waals surface area contributed by atoms with Crippen LogP contribution in [0.4, 0.5) is 4.79 Å². The van der Waals surface area contributed by atoms with E-state index in [-0.39, 0.29) is 6.03 Å². The Hall–Kier alpha value is -0.810. The zero-order valence-electron chi connectivity index (χ0n) is 12.1. The van der Waals surface area contributed by atoms with Crippen molar-refractivity contribution in [2.45, 2.75) is 39.3 Å². The third-order valence-corrected chi connectivity index (χ3v) is 3.47. The Kier molecular flexibility index (Phi) is 6.43. The van der Waals surface area contributed by atoms with Gasteiger partial charge in [0.15, 0.2) is 0 Å². The molecule has 1 fully saturated rings. The van der Waals surface area contributed by atoms with E-state index in [9.17, 15) is 4.79 Å². The van der Waals surface area contributed by atoms with Crippen LogP contribution in [-0.2, 0) is 4.74 Å². The van der Waals surface area contributed by atoms with Gasteiger partial charge >= 0.3 is 6.03 Å². The number of piperazine rings is 1. The maximum Gasteiger partial charge on any atom is 0.317 e. The minimum atomic E-state index is 0.0712. The fourth-order valence-corrected chi connectivity index (χ4v) is 2.50. The zero-order chi connectivity index (χ0) is 13.5. The van der Waals surface area contributed by atoms with Crippen LogP contribution in [0.15, 0.2) is 0 Å². The summed E-state index contributed by atoms with van der Waals surface area (Å²) in [4.78, 5) is 16.3. The Morgan fingerprint density at radius 3 is 2.44 bits per heavy atom. The van der Waals surface area contributed by atoms with Crippen molar-refractivity contribution in [1.82, 2.24) is 15.1 Å². The van der Waals surface area contributed by atoms with E-state index < -0.39 is 0 Å². The first kappa shape index (κ1) is 15.2. The summed E-state index contributed by atoms with van der Waals surface area (Å²) in [7, 11) is 1.73. The molecule has 0 radical (unpaired) electrons. The predicted molar refractivity (Wildman–Crippen MR) is 72.8 cm³/mol. The molecule has 18 heavy (non-hydrogen) atoms. The summed E-state index contributed by atoms with van der Waals surface area (Å²) < 4.78 is 5.13. The van der Waals surface area contributed by atoms with Gasteiger partial charge < -0.3 is 15.0 Å². The summed E-state index contributed by atoms with van der Waals surface area (Å²) in [6.07, 6.45) is 0.977. The Morgan fingerprint density at radius 1 is 1.33 bits per heavy atom. The van der Waals surface area contributed by atoms with Crippen LogP contribution in [0, 0.1) is 0 Å². The predicted octanol–water partition coefficient (Wildman–Crippen LogP) is 1.15. The molecular weight excluding hydrogens is 230 g/mol. The molecule has 5 heteroatoms. The van der Waals surface area contributed by atoms with E-state index in [0.717, 1.165) is 39.2 Å². The first-order valence-electron chi connectivity index (χ1n) is 6.87. The Morgan fingerprint density at radius 2 is 1.94 bits per heavy atom. The molecule has 1 aliphatic heterocycles. The molecule has 0 bridgehead atoms. The maximum absolute atomic E-state index is 11.9. The van der Waals surface area contributed by atoms with Gasteiger partial charge in [0.2, 0.25) is 0 Å². The smallest absolute Gasteiger partial charge is 0.317 e. The van der Waals surface area contributed by atoms with Crippen molar-refractivity contribution in [3.63, 3.8) is 0 Å². The molecule has 1 rings (SSSR count). The molecule has 2 unspecified atom stereocenters. The highest BCUT2D eigenvalue weighted by atomic mass is 16.5. The maximum atomic E-state index is 11.9. The normalized spacial score (nSPS) is 25.2. The molecule has 2 atom stereocenters. The van der Waals surface area contributed by atoms with Gasteiger partial charge in [0.05, 0.1) is 6.61 Å². The molecule has 1 aliphatic rings. The van der Waals surface area contributed by atoms with Gasteiger partial charge in [-0.1, -0.05) is 6.92 Å². The molecule has 0 aromatic rings. The van der Waals surface area contributed by atoms with Gasteiger partial charge in [0, 0.05) is 45.4 Å². The van der Waals surface area contributed by atoms with Gasteiger partial charge in [0.25, 0.3) is 0 Å². The van der Waals surface area contributed by atoms with E-state index >= 15 is 0 Å². The number of methoxy groups -OCH3 is 1. The number of hydrogen-bond donors (Lipinski definition) is 1. The number of ether oxygens (including phenoxy) is 1. The molecule has 0 spiro atoms. The molecule has 0 saturated carbocycles. The van der Waals surface area contributed by atoms with Crippen molar-refractivity contribution in [1.29, 1.82) is 0 Å². The largest absolute Gasteiger partial charge is 0.383 e. The minimum absolute atomic E-state index is 0.0712. The lowest BCUT2D eigenvalue weighted by atomic mass is 10.1. The molecule has 1 N–H and O–H groups in total. The minimum Gasteiger partial charge on any atom is -0.383 e. The second-order valence-corrected chi connectivity index (χ2v) is 5.07. The number of carbonyl (C=O) groups excluding carboxylic acids is 1. The average Bonchev–Trinajstić information content (AvgIpc) is 2.34. The SMILES string of the molecule is CCCNC(=O)N1CC(C)N(CCOC)C(C)C1. The number of rotatable bonds is 5. The fourth-order valence-electron chi connectivity index (χ4n) is 2.50. The summed E-state index contributed by atoms with van der Waals surface area (Å²) in [6.45, 7) is 10.4. The van der Waals surface area contributed by atoms with Gasteiger partial charge in [-0.2, -0.15) is 0 Å². The highest BCUT2D eigenvalue weighted by Crippen LogP contribution is 2.15. The summed E-state index contributed by atoms with van der Waals surface area (Å²) in [5.74, 6) is 0. The highest BCUT2D eigenvalue weighted by Gasteiger charge is 2.31. The third-order valence-electron chi connectivity index (χ3n) is 3.47. The molecule has 0 aromatic heterocycles. The summed E-state index contributed by atoms with van der Waals surface area (Å²) in [6, 6.07) is 0.842. The van der Waals surface area contributed by atoms with Gasteiger partial charge in [0.1, 0.15) is 0 Å². The zero-order valence-corrected chi connectivity index (χ0v) is 12.1. The van der Waals surface area contributed by atoms with Crippen molar-refractivity contribution in [3.8, 4) is 0 Å². The standard InChI is InChI=1S/C13H27N3O2/c1-5-6-14-13(17)15-9-11(2)16(7-8-18-4)12(3)10-15/h11-12H,5-10H2,1-4H3,(H,14,17). The first-order valence-corrected chi connectivity index (χ1v) is 6.87. The fraction of sp³-hybridized carbons (Fsp3) is 0.923. The van der Waals surface area contributed by atoms with E-state index in [4.69, 9.17) is 4.74 Å². The number of hydrogen-bond acceptors (Lipinski definition) is 3. The second kappa shape index (κ2) is 7.59. The third kappa shape index (κ3) is 4.14. The quantitative estimate of drug-likeness (QED) is 0.803. The lowest BCUT2D eigenvalue weighted by Crippen LogP contribution is -2.60. The van der Waals surface area contributed by atoms with Gasteiger partial charge in [-0.05, 0) is 20.3 Å². The van der Waals surface area contributed by atoms with Crippen LogP contribution in [0.3, 0.4) is 0 Å². The number of carbonyl (C=O) groups is 1. The van der Waals surface area contributed by atoms with Gasteiger partial charge in [-0.15, -0.1) is 0 Å². The van der Waals surface area contributed by atoms with E-state index in [1.807, 2.05) is 4.90 Å². The summed E-state index contributed by atoms with van der Waals surface area (Å²) in [5, 5.41) is 2.94. The highest BCUT2D eigenvalue weighted by molar-refractivity contribution is 5.74. The Bertz CT molecular complexity index is 249. The van der Waals surface area contributed by atoms with Crippen LogP contribution in [0.25, 0.3) is 0 Å². The molecule has 2 amide bonds. The van der Waals surface area contributed by atoms with E-state index in [1.54, 1.807) is 7.11 Å². The Balaban J connectivity index is 2.47.